The normalized spacial score (nSPS) is 14.6. The Morgan fingerprint density at radius 3 is 2.71 bits per heavy atom. The Bertz CT molecular complexity index is 1380. The van der Waals surface area contributed by atoms with Gasteiger partial charge < -0.3 is 15.5 Å². The number of nitrogens with zero attached hydrogens (tertiary/aromatic N) is 4. The average molecular weight is 420 g/mol. The highest BCUT2D eigenvalue weighted by atomic mass is 19.2. The number of carbonyl (C=O) groups is 1. The second-order valence-corrected chi connectivity index (χ2v) is 7.96. The van der Waals surface area contributed by atoms with Crippen molar-refractivity contribution in [2.75, 3.05) is 11.1 Å². The van der Waals surface area contributed by atoms with Crippen molar-refractivity contribution < 1.29 is 13.6 Å². The molecule has 4 aromatic rings. The van der Waals surface area contributed by atoms with Crippen LogP contribution in [0.4, 0.5) is 20.4 Å². The van der Waals surface area contributed by atoms with Crippen LogP contribution < -0.4 is 11.1 Å². The number of rotatable bonds is 3. The van der Waals surface area contributed by atoms with Gasteiger partial charge in [0.05, 0.1) is 16.5 Å². The van der Waals surface area contributed by atoms with Crippen LogP contribution in [-0.2, 0) is 16.6 Å². The molecule has 3 N–H and O–H groups in total. The second kappa shape index (κ2) is 6.56. The number of fused-ring (bicyclic) bond motifs is 2. The number of aromatic nitrogens is 4. The Morgan fingerprint density at radius 1 is 1.10 bits per heavy atom. The van der Waals surface area contributed by atoms with Crippen LogP contribution in [0.3, 0.4) is 0 Å². The number of pyridine rings is 1. The summed E-state index contributed by atoms with van der Waals surface area (Å²) in [5.74, 6) is -0.750. The van der Waals surface area contributed by atoms with Gasteiger partial charge in [-0.15, -0.1) is 0 Å². The predicted molar refractivity (Wildman–Crippen MR) is 111 cm³/mol. The van der Waals surface area contributed by atoms with Gasteiger partial charge in [0.2, 0.25) is 5.91 Å². The summed E-state index contributed by atoms with van der Waals surface area (Å²) in [5, 5.41) is 2.75. The van der Waals surface area contributed by atoms with Crippen molar-refractivity contribution in [3.05, 3.63) is 71.2 Å². The maximum atomic E-state index is 14.2. The number of carbonyl (C=O) groups excluding carboxylic acids is 1. The van der Waals surface area contributed by atoms with Crippen LogP contribution in [0, 0.1) is 11.6 Å². The van der Waals surface area contributed by atoms with Crippen LogP contribution in [0.1, 0.15) is 30.8 Å². The molecule has 3 aromatic heterocycles. The third kappa shape index (κ3) is 2.84. The fraction of sp³-hybridized carbons (Fsp3) is 0.182. The topological polar surface area (TPSA) is 98.2 Å². The zero-order valence-electron chi connectivity index (χ0n) is 16.8. The molecule has 0 spiro atoms. The maximum Gasteiger partial charge on any atom is 0.235 e. The predicted octanol–water partition coefficient (Wildman–Crippen LogP) is 3.47. The van der Waals surface area contributed by atoms with Crippen LogP contribution in [0.5, 0.6) is 0 Å². The molecule has 4 heterocycles. The highest BCUT2D eigenvalue weighted by Crippen LogP contribution is 2.40. The molecule has 0 saturated carbocycles. The van der Waals surface area contributed by atoms with Gasteiger partial charge in [0.25, 0.3) is 0 Å². The fourth-order valence-electron chi connectivity index (χ4n) is 3.91. The average Bonchev–Trinajstić information content (AvgIpc) is 3.20. The van der Waals surface area contributed by atoms with E-state index in [-0.39, 0.29) is 29.5 Å². The molecule has 5 rings (SSSR count). The van der Waals surface area contributed by atoms with E-state index in [2.05, 4.69) is 20.3 Å². The summed E-state index contributed by atoms with van der Waals surface area (Å²) in [6, 6.07) is 9.51. The first-order valence-electron chi connectivity index (χ1n) is 9.66. The molecule has 7 nitrogen and oxygen atoms in total. The lowest BCUT2D eigenvalue weighted by Crippen LogP contribution is -2.27. The molecule has 0 radical (unpaired) electrons. The Kier molecular flexibility index (Phi) is 4.04. The number of nitrogens with two attached hydrogens (primary N) is 1. The fourth-order valence-corrected chi connectivity index (χ4v) is 3.91. The van der Waals surface area contributed by atoms with Crippen molar-refractivity contribution in [2.24, 2.45) is 0 Å². The molecule has 0 fully saturated rings. The van der Waals surface area contributed by atoms with Gasteiger partial charge in [-0.3, -0.25) is 4.79 Å². The molecule has 9 heteroatoms. The van der Waals surface area contributed by atoms with Crippen molar-refractivity contribution in [2.45, 2.75) is 25.7 Å². The van der Waals surface area contributed by atoms with E-state index < -0.39 is 17.0 Å². The molecule has 1 aliphatic heterocycles. The molecule has 0 aliphatic carbocycles. The first kappa shape index (κ1) is 19.1. The van der Waals surface area contributed by atoms with Gasteiger partial charge in [0.1, 0.15) is 23.2 Å². The van der Waals surface area contributed by atoms with E-state index in [1.807, 2.05) is 18.2 Å². The Labute approximate surface area is 176 Å². The van der Waals surface area contributed by atoms with Crippen LogP contribution in [0.2, 0.25) is 0 Å². The molecule has 1 aliphatic rings. The Hall–Kier alpha value is -3.88. The smallest absolute Gasteiger partial charge is 0.235 e. The van der Waals surface area contributed by atoms with E-state index in [1.165, 1.54) is 12.1 Å². The molecule has 31 heavy (non-hydrogen) atoms. The van der Waals surface area contributed by atoms with E-state index >= 15 is 0 Å². The van der Waals surface area contributed by atoms with Crippen LogP contribution in [0.25, 0.3) is 17.0 Å². The van der Waals surface area contributed by atoms with Crippen LogP contribution in [0.15, 0.2) is 42.6 Å². The summed E-state index contributed by atoms with van der Waals surface area (Å²) in [5.41, 5.74) is 7.19. The lowest BCUT2D eigenvalue weighted by molar-refractivity contribution is -0.119. The van der Waals surface area contributed by atoms with Gasteiger partial charge in [-0.2, -0.15) is 0 Å². The summed E-state index contributed by atoms with van der Waals surface area (Å²) in [7, 11) is 0. The molecule has 1 amide bonds. The molecule has 156 valence electrons. The number of nitrogens with one attached hydrogen (secondary N) is 1. The van der Waals surface area contributed by atoms with Crippen LogP contribution in [-0.4, -0.2) is 25.3 Å². The number of anilines is 2. The number of benzene rings is 1. The second-order valence-electron chi connectivity index (χ2n) is 7.96. The van der Waals surface area contributed by atoms with Gasteiger partial charge in [-0.1, -0.05) is 18.2 Å². The first-order chi connectivity index (χ1) is 14.8. The third-order valence-corrected chi connectivity index (χ3v) is 5.57. The molecule has 0 saturated heterocycles. The van der Waals surface area contributed by atoms with E-state index in [0.717, 1.165) is 6.07 Å². The lowest BCUT2D eigenvalue weighted by Gasteiger charge is -2.15. The van der Waals surface area contributed by atoms with Crippen LogP contribution >= 0.6 is 0 Å². The van der Waals surface area contributed by atoms with Gasteiger partial charge in [0.15, 0.2) is 17.5 Å². The Balaban J connectivity index is 1.66. The minimum Gasteiger partial charge on any atom is -0.383 e. The molecular weight excluding hydrogens is 402 g/mol. The van der Waals surface area contributed by atoms with E-state index in [4.69, 9.17) is 5.73 Å². The molecule has 1 aromatic carbocycles. The minimum atomic E-state index is -0.910. The van der Waals surface area contributed by atoms with Gasteiger partial charge in [-0.05, 0) is 37.6 Å². The van der Waals surface area contributed by atoms with Gasteiger partial charge in [-0.25, -0.2) is 23.7 Å². The van der Waals surface area contributed by atoms with Crippen molar-refractivity contribution in [1.82, 2.24) is 19.4 Å². The number of imidazole rings is 1. The Morgan fingerprint density at radius 2 is 1.90 bits per heavy atom. The summed E-state index contributed by atoms with van der Waals surface area (Å²) in [6.45, 7) is 3.51. The minimum absolute atomic E-state index is 0.0684. The number of hydrogen-bond donors (Lipinski definition) is 2. The number of halogens is 2. The van der Waals surface area contributed by atoms with E-state index in [0.29, 0.717) is 28.4 Å². The highest BCUT2D eigenvalue weighted by molar-refractivity contribution is 6.06. The number of nitrogen functional groups attached to an aromatic ring is 1. The van der Waals surface area contributed by atoms with Crippen molar-refractivity contribution in [3.8, 4) is 11.5 Å². The summed E-state index contributed by atoms with van der Waals surface area (Å²) in [4.78, 5) is 25.9. The highest BCUT2D eigenvalue weighted by Gasteiger charge is 2.42. The maximum absolute atomic E-state index is 14.2. The molecule has 0 atom stereocenters. The quantitative estimate of drug-likeness (QED) is 0.529. The van der Waals surface area contributed by atoms with Crippen molar-refractivity contribution in [1.29, 1.82) is 0 Å². The molecule has 0 unspecified atom stereocenters. The van der Waals surface area contributed by atoms with E-state index in [1.54, 1.807) is 24.4 Å². The van der Waals surface area contributed by atoms with Gasteiger partial charge >= 0.3 is 0 Å². The summed E-state index contributed by atoms with van der Waals surface area (Å²) >= 11 is 0. The van der Waals surface area contributed by atoms with Crippen molar-refractivity contribution in [3.63, 3.8) is 0 Å². The monoisotopic (exact) mass is 420 g/mol. The first-order valence-corrected chi connectivity index (χ1v) is 9.66. The SMILES string of the molecule is CC1(C)C(=O)Nc2nc(-c3nc(Cc4cccc(F)c4F)n4ccccc34)nc(N)c21. The number of amides is 1. The zero-order valence-corrected chi connectivity index (χ0v) is 16.8. The zero-order chi connectivity index (χ0) is 21.9. The third-order valence-electron chi connectivity index (χ3n) is 5.57. The van der Waals surface area contributed by atoms with Crippen molar-refractivity contribution >= 4 is 23.1 Å². The largest absolute Gasteiger partial charge is 0.383 e. The standard InChI is InChI=1S/C22H18F2N6O/c1-22(2)15-18(25)27-20(28-19(15)29-21(22)31)17-13-8-3-4-9-30(13)14(26-17)10-11-6-5-7-12(23)16(11)24/h3-9H,10H2,1-2H3,(H3,25,27,28,29,31). The number of hydrogen-bond acceptors (Lipinski definition) is 5. The van der Waals surface area contributed by atoms with Gasteiger partial charge in [0, 0.05) is 12.6 Å². The lowest BCUT2D eigenvalue weighted by atomic mass is 9.87. The molecule has 0 bridgehead atoms. The van der Waals surface area contributed by atoms with E-state index in [9.17, 15) is 13.6 Å². The summed E-state index contributed by atoms with van der Waals surface area (Å²) in [6.07, 6.45) is 1.85. The summed E-state index contributed by atoms with van der Waals surface area (Å²) < 4.78 is 29.7. The molecular formula is C22H18F2N6O.